The molecular formula is C15H14F3INO2SY-. The minimum atomic E-state index is -2.70. The van der Waals surface area contributed by atoms with E-state index in [1.807, 2.05) is 28.8 Å². The Hall–Kier alpha value is 0.204. The number of halogens is 4. The van der Waals surface area contributed by atoms with Gasteiger partial charge in [0.25, 0.3) is 6.43 Å². The Balaban J connectivity index is 0.00000288. The minimum absolute atomic E-state index is 0. The Bertz CT molecular complexity index is 618. The van der Waals surface area contributed by atoms with Crippen LogP contribution in [0.1, 0.15) is 12.0 Å². The molecule has 0 saturated carbocycles. The molecule has 0 fully saturated rings. The predicted octanol–water partition coefficient (Wildman–Crippen LogP) is 3.97. The van der Waals surface area contributed by atoms with Gasteiger partial charge >= 0.3 is 0 Å². The average Bonchev–Trinajstić information content (AvgIpc) is 2.50. The van der Waals surface area contributed by atoms with Crippen LogP contribution in [-0.2, 0) is 37.5 Å². The van der Waals surface area contributed by atoms with E-state index in [2.05, 4.69) is 6.08 Å². The molecule has 1 atom stereocenters. The summed E-state index contributed by atoms with van der Waals surface area (Å²) in [6.45, 7) is -0.773. The summed E-state index contributed by atoms with van der Waals surface area (Å²) in [5.41, 5.74) is 0.135. The quantitative estimate of drug-likeness (QED) is 0.235. The van der Waals surface area contributed by atoms with Crippen LogP contribution in [0, 0.1) is 11.9 Å². The van der Waals surface area contributed by atoms with Crippen molar-refractivity contribution in [3.8, 4) is 5.75 Å². The summed E-state index contributed by atoms with van der Waals surface area (Å²) in [7, 11) is 0. The van der Waals surface area contributed by atoms with Crippen LogP contribution in [0.2, 0.25) is 0 Å². The molecule has 2 rings (SSSR count). The number of rotatable bonds is 6. The average molecular weight is 545 g/mol. The fourth-order valence-electron chi connectivity index (χ4n) is 2.11. The van der Waals surface area contributed by atoms with Gasteiger partial charge in [-0.05, 0) is 18.4 Å². The molecular weight excluding hydrogens is 531 g/mol. The van der Waals surface area contributed by atoms with Gasteiger partial charge in [0.15, 0.2) is 0 Å². The second-order valence-corrected chi connectivity index (χ2v) is 7.05. The van der Waals surface area contributed by atoms with Crippen molar-refractivity contribution in [1.82, 2.24) is 4.90 Å². The minimum Gasteiger partial charge on any atom is -0.483 e. The molecule has 0 aromatic heterocycles. The summed E-state index contributed by atoms with van der Waals surface area (Å²) in [4.78, 5) is 13.0. The third kappa shape index (κ3) is 5.60. The van der Waals surface area contributed by atoms with E-state index >= 15 is 0 Å². The van der Waals surface area contributed by atoms with Crippen molar-refractivity contribution < 1.29 is 55.4 Å². The number of nitrogens with zero attached hydrogens (tertiary/aromatic N) is 1. The van der Waals surface area contributed by atoms with Crippen molar-refractivity contribution in [3.05, 3.63) is 35.7 Å². The molecule has 24 heavy (non-hydrogen) atoms. The van der Waals surface area contributed by atoms with Crippen LogP contribution in [0.15, 0.2) is 18.2 Å². The third-order valence-electron chi connectivity index (χ3n) is 3.11. The van der Waals surface area contributed by atoms with Gasteiger partial charge in [-0.2, -0.15) is 0 Å². The molecule has 1 aliphatic heterocycles. The monoisotopic (exact) mass is 545 g/mol. The number of hydrogen-bond acceptors (Lipinski definition) is 3. The van der Waals surface area contributed by atoms with E-state index in [-0.39, 0.29) is 50.4 Å². The zero-order valence-corrected chi connectivity index (χ0v) is 18.6. The Morgan fingerprint density at radius 2 is 2.21 bits per heavy atom. The molecule has 0 aliphatic carbocycles. The number of benzene rings is 1. The molecule has 0 bridgehead atoms. The van der Waals surface area contributed by atoms with E-state index in [4.69, 9.17) is 4.74 Å². The van der Waals surface area contributed by atoms with Crippen molar-refractivity contribution in [3.63, 3.8) is 0 Å². The number of carbonyl (C=O) groups excluding carboxylic acids is 1. The second-order valence-electron chi connectivity index (χ2n) is 4.73. The maximum absolute atomic E-state index is 14.3. The SMILES string of the molecule is CSCOc1ccc(C2=[C-]CC(I)C(=O)N2CC(F)F)c(F)c1.[Y]. The summed E-state index contributed by atoms with van der Waals surface area (Å²) in [5.74, 6) is -0.373. The van der Waals surface area contributed by atoms with Gasteiger partial charge in [0, 0.05) is 32.7 Å². The number of ether oxygens (including phenoxy) is 1. The summed E-state index contributed by atoms with van der Waals surface area (Å²) in [6, 6.07) is 4.15. The Morgan fingerprint density at radius 1 is 1.50 bits per heavy atom. The van der Waals surface area contributed by atoms with Crippen LogP contribution < -0.4 is 4.74 Å². The molecule has 0 saturated heterocycles. The van der Waals surface area contributed by atoms with Crippen LogP contribution in [0.4, 0.5) is 13.2 Å². The summed E-state index contributed by atoms with van der Waals surface area (Å²) in [6.07, 6.45) is 2.28. The van der Waals surface area contributed by atoms with Gasteiger partial charge in [-0.3, -0.25) is 4.79 Å². The van der Waals surface area contributed by atoms with Gasteiger partial charge in [0.1, 0.15) is 11.7 Å². The van der Waals surface area contributed by atoms with Gasteiger partial charge in [-0.1, -0.05) is 29.0 Å². The first-order chi connectivity index (χ1) is 10.9. The fourth-order valence-corrected chi connectivity index (χ4v) is 2.92. The first-order valence-electron chi connectivity index (χ1n) is 6.70. The summed E-state index contributed by atoms with van der Waals surface area (Å²) >= 11 is 3.32. The van der Waals surface area contributed by atoms with E-state index in [1.54, 1.807) is 6.07 Å². The van der Waals surface area contributed by atoms with E-state index in [0.29, 0.717) is 11.7 Å². The van der Waals surface area contributed by atoms with Gasteiger partial charge in [0.05, 0.1) is 16.3 Å². The molecule has 1 aromatic rings. The van der Waals surface area contributed by atoms with Crippen molar-refractivity contribution in [2.45, 2.75) is 16.8 Å². The molecule has 1 unspecified atom stereocenters. The van der Waals surface area contributed by atoms with Gasteiger partial charge in [0.2, 0.25) is 5.91 Å². The molecule has 3 nitrogen and oxygen atoms in total. The normalized spacial score (nSPS) is 17.6. The van der Waals surface area contributed by atoms with E-state index in [9.17, 15) is 18.0 Å². The summed E-state index contributed by atoms with van der Waals surface area (Å²) < 4.78 is 44.7. The molecule has 1 aromatic carbocycles. The zero-order valence-electron chi connectivity index (χ0n) is 12.8. The second kappa shape index (κ2) is 10.4. The number of carbonyl (C=O) groups is 1. The van der Waals surface area contributed by atoms with Crippen molar-refractivity contribution >= 4 is 46.0 Å². The van der Waals surface area contributed by atoms with Crippen LogP contribution >= 0.6 is 34.4 Å². The van der Waals surface area contributed by atoms with Crippen molar-refractivity contribution in [1.29, 1.82) is 0 Å². The Kier molecular flexibility index (Phi) is 9.62. The van der Waals surface area contributed by atoms with E-state index in [0.717, 1.165) is 4.90 Å². The zero-order chi connectivity index (χ0) is 17.0. The molecule has 0 spiro atoms. The van der Waals surface area contributed by atoms with E-state index < -0.39 is 28.6 Å². The molecule has 1 heterocycles. The smallest absolute Gasteiger partial charge is 0.256 e. The molecule has 0 N–H and O–H groups in total. The topological polar surface area (TPSA) is 29.5 Å². The van der Waals surface area contributed by atoms with Crippen LogP contribution in [0.5, 0.6) is 5.75 Å². The Labute approximate surface area is 181 Å². The number of hydrogen-bond donors (Lipinski definition) is 0. The van der Waals surface area contributed by atoms with Gasteiger partial charge in [-0.25, -0.2) is 19.2 Å². The number of alkyl halides is 3. The molecule has 9 heteroatoms. The van der Waals surface area contributed by atoms with E-state index in [1.165, 1.54) is 23.9 Å². The van der Waals surface area contributed by atoms with Gasteiger partial charge in [-0.15, -0.1) is 29.1 Å². The van der Waals surface area contributed by atoms with Crippen LogP contribution in [0.3, 0.4) is 0 Å². The fraction of sp³-hybridized carbons (Fsp3) is 0.400. The number of allylic oxidation sites excluding steroid dienone is 1. The van der Waals surface area contributed by atoms with Crippen LogP contribution in [0.25, 0.3) is 5.70 Å². The molecule has 1 aliphatic rings. The number of thioether (sulfide) groups is 1. The van der Waals surface area contributed by atoms with Crippen LogP contribution in [-0.4, -0.2) is 39.9 Å². The largest absolute Gasteiger partial charge is 0.483 e. The third-order valence-corrected chi connectivity index (χ3v) is 4.44. The summed E-state index contributed by atoms with van der Waals surface area (Å²) in [5, 5.41) is 0. The molecule has 1 amide bonds. The molecule has 1 radical (unpaired) electrons. The standard InChI is InChI=1S/C15H14F3INO2S.Y/c1-23-8-22-9-2-3-10(11(16)6-9)13-5-4-12(19)15(21)20(13)7-14(17)18;/h2-3,6,12,14H,4,7-8H2,1H3;/q-1;. The van der Waals surface area contributed by atoms with Gasteiger partial charge < -0.3 is 9.64 Å². The maximum Gasteiger partial charge on any atom is 0.256 e. The number of amides is 1. The Morgan fingerprint density at radius 3 is 2.79 bits per heavy atom. The van der Waals surface area contributed by atoms with Crippen molar-refractivity contribution in [2.24, 2.45) is 0 Å². The first-order valence-corrected chi connectivity index (χ1v) is 9.34. The van der Waals surface area contributed by atoms with Crippen molar-refractivity contribution in [2.75, 3.05) is 18.7 Å². The predicted molar refractivity (Wildman–Crippen MR) is 92.2 cm³/mol. The molecule has 129 valence electrons. The first kappa shape index (κ1) is 22.2. The maximum atomic E-state index is 14.3.